The maximum absolute atomic E-state index is 12.6. The molecule has 1 atom stereocenters. The molecule has 3 aromatic rings. The number of thioether (sulfide) groups is 1. The SMILES string of the molecule is Cc1nc(C)c(-c2nnc(SC(C)C(=O)N(C)c3ccccc3)o2)s1. The lowest BCUT2D eigenvalue weighted by Crippen LogP contribution is -2.33. The second-order valence-electron chi connectivity index (χ2n) is 5.51. The number of hydrogen-bond acceptors (Lipinski definition) is 7. The number of nitrogens with zero attached hydrogens (tertiary/aromatic N) is 4. The van der Waals surface area contributed by atoms with Gasteiger partial charge in [-0.15, -0.1) is 21.5 Å². The Morgan fingerprint density at radius 1 is 1.24 bits per heavy atom. The largest absolute Gasteiger partial charge is 0.410 e. The molecule has 1 aromatic carbocycles. The fraction of sp³-hybridized carbons (Fsp3) is 0.294. The molecular formula is C17H18N4O2S2. The highest BCUT2D eigenvalue weighted by Gasteiger charge is 2.23. The summed E-state index contributed by atoms with van der Waals surface area (Å²) in [6.45, 7) is 5.68. The summed E-state index contributed by atoms with van der Waals surface area (Å²) in [5.74, 6) is 0.419. The summed E-state index contributed by atoms with van der Waals surface area (Å²) in [6.07, 6.45) is 0. The Kier molecular flexibility index (Phi) is 5.19. The van der Waals surface area contributed by atoms with Crippen molar-refractivity contribution in [3.8, 4) is 10.8 Å². The van der Waals surface area contributed by atoms with Gasteiger partial charge in [-0.1, -0.05) is 30.0 Å². The molecule has 0 bridgehead atoms. The summed E-state index contributed by atoms with van der Waals surface area (Å²) in [7, 11) is 1.76. The zero-order valence-electron chi connectivity index (χ0n) is 14.4. The fourth-order valence-electron chi connectivity index (χ4n) is 2.33. The number of aryl methyl sites for hydroxylation is 2. The molecule has 3 rings (SSSR count). The van der Waals surface area contributed by atoms with Gasteiger partial charge in [0.05, 0.1) is 16.0 Å². The number of aromatic nitrogens is 3. The zero-order valence-corrected chi connectivity index (χ0v) is 16.0. The summed E-state index contributed by atoms with van der Waals surface area (Å²) >= 11 is 2.77. The number of rotatable bonds is 5. The van der Waals surface area contributed by atoms with Crippen molar-refractivity contribution < 1.29 is 9.21 Å². The number of carbonyl (C=O) groups is 1. The summed E-state index contributed by atoms with van der Waals surface area (Å²) in [5.41, 5.74) is 1.72. The van der Waals surface area contributed by atoms with Crippen LogP contribution in [0, 0.1) is 13.8 Å². The molecule has 0 aliphatic rings. The van der Waals surface area contributed by atoms with Crippen LogP contribution in [0.4, 0.5) is 5.69 Å². The molecule has 0 aliphatic carbocycles. The van der Waals surface area contributed by atoms with E-state index in [0.29, 0.717) is 11.1 Å². The number of thiazole rings is 1. The number of amides is 1. The lowest BCUT2D eigenvalue weighted by Gasteiger charge is -2.20. The van der Waals surface area contributed by atoms with E-state index in [1.807, 2.05) is 51.1 Å². The number of hydrogen-bond donors (Lipinski definition) is 0. The molecule has 2 heterocycles. The molecule has 1 amide bonds. The van der Waals surface area contributed by atoms with Gasteiger partial charge in [-0.25, -0.2) is 4.98 Å². The Balaban J connectivity index is 1.70. The van der Waals surface area contributed by atoms with Gasteiger partial charge in [0.2, 0.25) is 5.91 Å². The number of para-hydroxylation sites is 1. The van der Waals surface area contributed by atoms with Crippen LogP contribution >= 0.6 is 23.1 Å². The van der Waals surface area contributed by atoms with Crippen LogP contribution < -0.4 is 4.90 Å². The Bertz CT molecular complexity index is 876. The van der Waals surface area contributed by atoms with Gasteiger partial charge in [-0.2, -0.15) is 0 Å². The second-order valence-corrected chi connectivity index (χ2v) is 8.01. The van der Waals surface area contributed by atoms with E-state index in [9.17, 15) is 4.79 Å². The maximum atomic E-state index is 12.6. The molecular weight excluding hydrogens is 356 g/mol. The monoisotopic (exact) mass is 374 g/mol. The minimum atomic E-state index is -0.345. The molecule has 1 unspecified atom stereocenters. The van der Waals surface area contributed by atoms with Crippen molar-refractivity contribution in [3.05, 3.63) is 41.0 Å². The maximum Gasteiger partial charge on any atom is 0.277 e. The van der Waals surface area contributed by atoms with Crippen LogP contribution in [0.25, 0.3) is 10.8 Å². The third-order valence-electron chi connectivity index (χ3n) is 3.60. The lowest BCUT2D eigenvalue weighted by molar-refractivity contribution is -0.117. The smallest absolute Gasteiger partial charge is 0.277 e. The highest BCUT2D eigenvalue weighted by Crippen LogP contribution is 2.32. The van der Waals surface area contributed by atoms with E-state index in [1.165, 1.54) is 23.1 Å². The topological polar surface area (TPSA) is 72.1 Å². The molecule has 0 fully saturated rings. The van der Waals surface area contributed by atoms with Gasteiger partial charge >= 0.3 is 0 Å². The first-order valence-electron chi connectivity index (χ1n) is 7.73. The molecule has 0 aliphatic heterocycles. The van der Waals surface area contributed by atoms with Crippen LogP contribution in [0.5, 0.6) is 0 Å². The van der Waals surface area contributed by atoms with E-state index in [0.717, 1.165) is 21.3 Å². The minimum Gasteiger partial charge on any atom is -0.410 e. The van der Waals surface area contributed by atoms with Crippen molar-refractivity contribution in [1.29, 1.82) is 0 Å². The Morgan fingerprint density at radius 2 is 1.96 bits per heavy atom. The first kappa shape index (κ1) is 17.6. The summed E-state index contributed by atoms with van der Waals surface area (Å²) in [5, 5.41) is 9.12. The Labute approximate surface area is 154 Å². The van der Waals surface area contributed by atoms with Gasteiger partial charge in [0.1, 0.15) is 4.88 Å². The highest BCUT2D eigenvalue weighted by molar-refractivity contribution is 8.00. The Morgan fingerprint density at radius 3 is 2.60 bits per heavy atom. The third-order valence-corrected chi connectivity index (χ3v) is 5.59. The van der Waals surface area contributed by atoms with Gasteiger partial charge in [0.25, 0.3) is 11.1 Å². The summed E-state index contributed by atoms with van der Waals surface area (Å²) in [6, 6.07) is 9.52. The van der Waals surface area contributed by atoms with Crippen LogP contribution in [0.15, 0.2) is 40.0 Å². The minimum absolute atomic E-state index is 0.0271. The molecule has 0 saturated heterocycles. The van der Waals surface area contributed by atoms with Gasteiger partial charge < -0.3 is 9.32 Å². The third kappa shape index (κ3) is 3.91. The fourth-order valence-corrected chi connectivity index (χ4v) is 3.95. The average molecular weight is 374 g/mol. The van der Waals surface area contributed by atoms with Crippen LogP contribution in [0.1, 0.15) is 17.6 Å². The highest BCUT2D eigenvalue weighted by atomic mass is 32.2. The van der Waals surface area contributed by atoms with Crippen LogP contribution in [0.3, 0.4) is 0 Å². The lowest BCUT2D eigenvalue weighted by atomic mass is 10.3. The molecule has 0 radical (unpaired) electrons. The zero-order chi connectivity index (χ0) is 18.0. The Hall–Kier alpha value is -2.19. The van der Waals surface area contributed by atoms with Crippen molar-refractivity contribution >= 4 is 34.7 Å². The molecule has 6 nitrogen and oxygen atoms in total. The first-order valence-corrected chi connectivity index (χ1v) is 9.42. The molecule has 8 heteroatoms. The van der Waals surface area contributed by atoms with Crippen molar-refractivity contribution in [1.82, 2.24) is 15.2 Å². The van der Waals surface area contributed by atoms with Gasteiger partial charge in [0, 0.05) is 12.7 Å². The molecule has 0 N–H and O–H groups in total. The summed E-state index contributed by atoms with van der Waals surface area (Å²) in [4.78, 5) is 19.5. The van der Waals surface area contributed by atoms with Crippen LogP contribution in [0.2, 0.25) is 0 Å². The van der Waals surface area contributed by atoms with E-state index in [2.05, 4.69) is 15.2 Å². The van der Waals surface area contributed by atoms with E-state index in [-0.39, 0.29) is 11.2 Å². The molecule has 25 heavy (non-hydrogen) atoms. The number of benzene rings is 1. The second kappa shape index (κ2) is 7.37. The molecule has 2 aromatic heterocycles. The van der Waals surface area contributed by atoms with Gasteiger partial charge in [0.15, 0.2) is 0 Å². The predicted octanol–water partition coefficient (Wildman–Crippen LogP) is 3.95. The quantitative estimate of drug-likeness (QED) is 0.630. The predicted molar refractivity (Wildman–Crippen MR) is 100 cm³/mol. The van der Waals surface area contributed by atoms with Crippen LogP contribution in [-0.2, 0) is 4.79 Å². The first-order chi connectivity index (χ1) is 12.0. The van der Waals surface area contributed by atoms with Gasteiger partial charge in [-0.05, 0) is 32.9 Å². The van der Waals surface area contributed by atoms with Crippen molar-refractivity contribution in [2.45, 2.75) is 31.2 Å². The van der Waals surface area contributed by atoms with E-state index < -0.39 is 0 Å². The van der Waals surface area contributed by atoms with Crippen molar-refractivity contribution in [2.75, 3.05) is 11.9 Å². The molecule has 130 valence electrons. The standard InChI is InChI=1S/C17H18N4O2S2/c1-10-14(25-12(3)18-10)15-19-20-17(23-15)24-11(2)16(22)21(4)13-8-6-5-7-9-13/h5-9,11H,1-4H3. The van der Waals surface area contributed by atoms with E-state index in [1.54, 1.807) is 11.9 Å². The molecule has 0 spiro atoms. The van der Waals surface area contributed by atoms with Crippen molar-refractivity contribution in [3.63, 3.8) is 0 Å². The number of anilines is 1. The average Bonchev–Trinajstić information content (AvgIpc) is 3.20. The normalized spacial score (nSPS) is 12.2. The van der Waals surface area contributed by atoms with Crippen molar-refractivity contribution in [2.24, 2.45) is 0 Å². The van der Waals surface area contributed by atoms with E-state index >= 15 is 0 Å². The van der Waals surface area contributed by atoms with Gasteiger partial charge in [-0.3, -0.25) is 4.79 Å². The molecule has 0 saturated carbocycles. The number of carbonyl (C=O) groups excluding carboxylic acids is 1. The summed E-state index contributed by atoms with van der Waals surface area (Å²) < 4.78 is 5.71. The van der Waals surface area contributed by atoms with Crippen LogP contribution in [-0.4, -0.2) is 33.4 Å². The van der Waals surface area contributed by atoms with E-state index in [4.69, 9.17) is 4.42 Å².